The van der Waals surface area contributed by atoms with Crippen molar-refractivity contribution < 1.29 is 14.3 Å². The topological polar surface area (TPSA) is 43.4 Å². The van der Waals surface area contributed by atoms with Crippen LogP contribution in [0.4, 0.5) is 0 Å². The van der Waals surface area contributed by atoms with E-state index >= 15 is 0 Å². The minimum absolute atomic E-state index is 0.0639. The summed E-state index contributed by atoms with van der Waals surface area (Å²) in [6.07, 6.45) is 9.88. The molecule has 0 spiro atoms. The number of esters is 1. The number of hydrogen-bond acceptors (Lipinski definition) is 3. The summed E-state index contributed by atoms with van der Waals surface area (Å²) in [6, 6.07) is 0. The van der Waals surface area contributed by atoms with Gasteiger partial charge in [0, 0.05) is 18.3 Å². The van der Waals surface area contributed by atoms with Crippen LogP contribution in [0.25, 0.3) is 0 Å². The molecule has 1 aliphatic carbocycles. The molecule has 0 aromatic heterocycles. The van der Waals surface area contributed by atoms with Crippen LogP contribution in [-0.2, 0) is 14.3 Å². The number of ether oxygens (including phenoxy) is 1. The summed E-state index contributed by atoms with van der Waals surface area (Å²) >= 11 is 0. The third kappa shape index (κ3) is 4.33. The number of fused-ring (bicyclic) bond motifs is 2. The predicted octanol–water partition coefficient (Wildman–Crippen LogP) is 4.47. The van der Waals surface area contributed by atoms with Crippen LogP contribution in [0.1, 0.15) is 59.8 Å². The minimum atomic E-state index is -0.251. The van der Waals surface area contributed by atoms with Crippen LogP contribution in [0, 0.1) is 23.7 Å². The molecule has 1 saturated heterocycles. The fourth-order valence-corrected chi connectivity index (χ4v) is 4.14. The van der Waals surface area contributed by atoms with Gasteiger partial charge in [0.2, 0.25) is 0 Å². The highest BCUT2D eigenvalue weighted by Gasteiger charge is 2.50. The van der Waals surface area contributed by atoms with Gasteiger partial charge in [-0.1, -0.05) is 30.2 Å². The molecule has 0 radical (unpaired) electrons. The van der Waals surface area contributed by atoms with Crippen LogP contribution in [-0.4, -0.2) is 18.4 Å². The largest absolute Gasteiger partial charge is 0.461 e. The van der Waals surface area contributed by atoms with E-state index in [2.05, 4.69) is 39.8 Å². The molecule has 3 heteroatoms. The molecule has 2 bridgehead atoms. The summed E-state index contributed by atoms with van der Waals surface area (Å²) in [5.41, 5.74) is 2.60. The number of carbonyl (C=O) groups is 2. The van der Waals surface area contributed by atoms with E-state index in [1.807, 2.05) is 0 Å². The number of hydrogen-bond donors (Lipinski definition) is 0. The van der Waals surface area contributed by atoms with Gasteiger partial charge in [-0.25, -0.2) is 0 Å². The van der Waals surface area contributed by atoms with Crippen molar-refractivity contribution in [2.45, 2.75) is 65.9 Å². The van der Waals surface area contributed by atoms with Crippen molar-refractivity contribution in [1.82, 2.24) is 0 Å². The average Bonchev–Trinajstić information content (AvgIpc) is 2.81. The first-order valence-corrected chi connectivity index (χ1v) is 8.88. The number of rotatable bonds is 5. The standard InChI is InChI=1S/C20H30O3/c1-13(2)7-5-9-15(4)18-17-11-14(3)8-6-10-16(12-21)19(18)20(22)23-17/h7-8,12,15-19H,5-6,9-11H2,1-4H3/b14-8+/t15?,16-,17-,18-,19?/m1/s1. The Balaban J connectivity index is 2.22. The molecule has 0 amide bonds. The fourth-order valence-electron chi connectivity index (χ4n) is 4.14. The summed E-state index contributed by atoms with van der Waals surface area (Å²) in [5.74, 6) is -0.0740. The third-order valence-corrected chi connectivity index (χ3v) is 5.37. The predicted molar refractivity (Wildman–Crippen MR) is 91.9 cm³/mol. The maximum Gasteiger partial charge on any atom is 0.310 e. The molecule has 1 fully saturated rings. The highest BCUT2D eigenvalue weighted by molar-refractivity contribution is 5.79. The van der Waals surface area contributed by atoms with Gasteiger partial charge in [0.15, 0.2) is 0 Å². The monoisotopic (exact) mass is 318 g/mol. The normalized spacial score (nSPS) is 34.3. The maximum absolute atomic E-state index is 12.4. The van der Waals surface area contributed by atoms with Crippen molar-refractivity contribution in [2.75, 3.05) is 0 Å². The van der Waals surface area contributed by atoms with E-state index in [9.17, 15) is 9.59 Å². The zero-order chi connectivity index (χ0) is 17.0. The Morgan fingerprint density at radius 1 is 1.43 bits per heavy atom. The van der Waals surface area contributed by atoms with Crippen molar-refractivity contribution in [3.63, 3.8) is 0 Å². The van der Waals surface area contributed by atoms with E-state index in [-0.39, 0.29) is 29.8 Å². The summed E-state index contributed by atoms with van der Waals surface area (Å²) in [5, 5.41) is 0. The Morgan fingerprint density at radius 3 is 2.83 bits per heavy atom. The maximum atomic E-state index is 12.4. The molecular weight excluding hydrogens is 288 g/mol. The van der Waals surface area contributed by atoms with Crippen LogP contribution in [0.15, 0.2) is 23.3 Å². The van der Waals surface area contributed by atoms with Gasteiger partial charge in [-0.2, -0.15) is 0 Å². The third-order valence-electron chi connectivity index (χ3n) is 5.37. The molecule has 0 saturated carbocycles. The number of aldehydes is 1. The highest BCUT2D eigenvalue weighted by atomic mass is 16.6. The lowest BCUT2D eigenvalue weighted by Gasteiger charge is -2.28. The summed E-state index contributed by atoms with van der Waals surface area (Å²) in [4.78, 5) is 24.0. The molecule has 2 rings (SSSR count). The Morgan fingerprint density at radius 2 is 2.17 bits per heavy atom. The van der Waals surface area contributed by atoms with Crippen molar-refractivity contribution in [3.05, 3.63) is 23.3 Å². The number of allylic oxidation sites excluding steroid dienone is 3. The van der Waals surface area contributed by atoms with Gasteiger partial charge in [-0.05, 0) is 52.4 Å². The molecule has 1 heterocycles. The summed E-state index contributed by atoms with van der Waals surface area (Å²) in [6.45, 7) is 8.53. The molecule has 23 heavy (non-hydrogen) atoms. The van der Waals surface area contributed by atoms with Crippen LogP contribution in [0.3, 0.4) is 0 Å². The van der Waals surface area contributed by atoms with E-state index in [1.54, 1.807) is 0 Å². The van der Waals surface area contributed by atoms with E-state index in [0.29, 0.717) is 5.92 Å². The first-order chi connectivity index (χ1) is 10.9. The van der Waals surface area contributed by atoms with Gasteiger partial charge < -0.3 is 9.53 Å². The van der Waals surface area contributed by atoms with Crippen molar-refractivity contribution >= 4 is 12.3 Å². The van der Waals surface area contributed by atoms with Gasteiger partial charge in [0.25, 0.3) is 0 Å². The smallest absolute Gasteiger partial charge is 0.310 e. The Bertz CT molecular complexity index is 499. The molecule has 0 aromatic carbocycles. The zero-order valence-corrected chi connectivity index (χ0v) is 14.9. The lowest BCUT2D eigenvalue weighted by Crippen LogP contribution is -2.33. The van der Waals surface area contributed by atoms with Crippen molar-refractivity contribution in [3.8, 4) is 0 Å². The molecule has 5 atom stereocenters. The second-order valence-corrected chi connectivity index (χ2v) is 7.55. The Kier molecular flexibility index (Phi) is 6.20. The lowest BCUT2D eigenvalue weighted by atomic mass is 9.72. The first-order valence-electron chi connectivity index (χ1n) is 8.88. The zero-order valence-electron chi connectivity index (χ0n) is 14.9. The number of carbonyl (C=O) groups excluding carboxylic acids is 2. The second kappa shape index (κ2) is 7.94. The first kappa shape index (κ1) is 18.0. The van der Waals surface area contributed by atoms with E-state index < -0.39 is 0 Å². The Hall–Kier alpha value is -1.38. The van der Waals surface area contributed by atoms with Crippen LogP contribution < -0.4 is 0 Å². The molecule has 0 N–H and O–H groups in total. The molecule has 1 aliphatic heterocycles. The lowest BCUT2D eigenvalue weighted by molar-refractivity contribution is -0.146. The fraction of sp³-hybridized carbons (Fsp3) is 0.700. The second-order valence-electron chi connectivity index (χ2n) is 7.55. The highest BCUT2D eigenvalue weighted by Crippen LogP contribution is 2.44. The van der Waals surface area contributed by atoms with Crippen LogP contribution in [0.2, 0.25) is 0 Å². The molecule has 2 unspecified atom stereocenters. The van der Waals surface area contributed by atoms with Gasteiger partial charge in [-0.3, -0.25) is 4.79 Å². The van der Waals surface area contributed by atoms with Crippen LogP contribution in [0.5, 0.6) is 0 Å². The average molecular weight is 318 g/mol. The van der Waals surface area contributed by atoms with Crippen LogP contribution >= 0.6 is 0 Å². The molecular formula is C20H30O3. The van der Waals surface area contributed by atoms with Gasteiger partial charge in [0.05, 0.1) is 5.92 Å². The van der Waals surface area contributed by atoms with Gasteiger partial charge in [-0.15, -0.1) is 0 Å². The van der Waals surface area contributed by atoms with E-state index in [4.69, 9.17) is 4.74 Å². The molecule has 3 nitrogen and oxygen atoms in total. The van der Waals surface area contributed by atoms with Crippen molar-refractivity contribution in [1.29, 1.82) is 0 Å². The Labute approximate surface area is 140 Å². The SMILES string of the molecule is CC(C)=CCCC(C)[C@H]1C2C(=O)O[C@@H]1C/C(C)=C/CC[C@@H]2C=O. The molecule has 0 aromatic rings. The van der Waals surface area contributed by atoms with Gasteiger partial charge >= 0.3 is 5.97 Å². The van der Waals surface area contributed by atoms with Gasteiger partial charge in [0.1, 0.15) is 12.4 Å². The summed E-state index contributed by atoms with van der Waals surface area (Å²) in [7, 11) is 0. The van der Waals surface area contributed by atoms with E-state index in [1.165, 1.54) is 11.1 Å². The quantitative estimate of drug-likeness (QED) is 0.427. The molecule has 2 aliphatic rings. The van der Waals surface area contributed by atoms with E-state index in [0.717, 1.165) is 38.4 Å². The summed E-state index contributed by atoms with van der Waals surface area (Å²) < 4.78 is 5.71. The van der Waals surface area contributed by atoms with Crippen molar-refractivity contribution in [2.24, 2.45) is 23.7 Å². The minimum Gasteiger partial charge on any atom is -0.461 e. The molecule has 128 valence electrons.